The van der Waals surface area contributed by atoms with E-state index in [1.807, 2.05) is 20.8 Å². The summed E-state index contributed by atoms with van der Waals surface area (Å²) in [6.45, 7) is 5.71. The first-order chi connectivity index (χ1) is 8.99. The average molecular weight is 261 g/mol. The number of carbonyl (C=O) groups excluding carboxylic acids is 1. The van der Waals surface area contributed by atoms with E-state index in [4.69, 9.17) is 10.3 Å². The molecule has 1 atom stereocenters. The summed E-state index contributed by atoms with van der Waals surface area (Å²) in [5.41, 5.74) is 7.05. The summed E-state index contributed by atoms with van der Waals surface area (Å²) >= 11 is 0. The highest BCUT2D eigenvalue weighted by atomic mass is 16.5. The molecule has 0 spiro atoms. The van der Waals surface area contributed by atoms with E-state index in [-0.39, 0.29) is 11.7 Å². The minimum atomic E-state index is -0.599. The zero-order valence-electron chi connectivity index (χ0n) is 11.0. The Hall–Kier alpha value is -2.44. The third-order valence-corrected chi connectivity index (χ3v) is 2.80. The average Bonchev–Trinajstić information content (AvgIpc) is 2.69. The van der Waals surface area contributed by atoms with E-state index in [1.165, 1.54) is 6.07 Å². The van der Waals surface area contributed by atoms with Gasteiger partial charge in [0.2, 0.25) is 0 Å². The van der Waals surface area contributed by atoms with E-state index in [0.717, 1.165) is 17.0 Å². The van der Waals surface area contributed by atoms with Crippen LogP contribution in [0.5, 0.6) is 0 Å². The van der Waals surface area contributed by atoms with E-state index in [0.29, 0.717) is 5.82 Å². The second kappa shape index (κ2) is 5.05. The minimum absolute atomic E-state index is 0.0278. The highest BCUT2D eigenvalue weighted by Crippen LogP contribution is 2.23. The molecule has 1 unspecified atom stereocenters. The van der Waals surface area contributed by atoms with Crippen LogP contribution in [-0.2, 0) is 0 Å². The van der Waals surface area contributed by atoms with Crippen LogP contribution in [0, 0.1) is 13.8 Å². The van der Waals surface area contributed by atoms with Gasteiger partial charge >= 0.3 is 0 Å². The van der Waals surface area contributed by atoms with E-state index < -0.39 is 5.91 Å². The van der Waals surface area contributed by atoms with Crippen molar-refractivity contribution in [1.82, 2.24) is 15.4 Å². The molecule has 0 radical (unpaired) electrons. The second-order valence-electron chi connectivity index (χ2n) is 4.27. The maximum atomic E-state index is 10.9. The fourth-order valence-corrected chi connectivity index (χ4v) is 1.94. The molecule has 0 saturated heterocycles. The summed E-state index contributed by atoms with van der Waals surface area (Å²) < 4.78 is 5.12. The quantitative estimate of drug-likeness (QED) is 0.860. The molecule has 2 aromatic heterocycles. The molecule has 19 heavy (non-hydrogen) atoms. The lowest BCUT2D eigenvalue weighted by molar-refractivity contribution is 0.0994. The van der Waals surface area contributed by atoms with Gasteiger partial charge in [0.1, 0.15) is 11.6 Å². The Morgan fingerprint density at radius 3 is 2.58 bits per heavy atom. The number of primary amides is 1. The maximum absolute atomic E-state index is 10.9. The molecule has 2 heterocycles. The predicted octanol–water partition coefficient (Wildman–Crippen LogP) is 1.35. The largest absolute Gasteiger partial charge is 0.364 e. The van der Waals surface area contributed by atoms with E-state index >= 15 is 0 Å². The molecule has 0 aliphatic heterocycles. The van der Waals surface area contributed by atoms with Gasteiger partial charge in [-0.1, -0.05) is 5.16 Å². The molecule has 0 aliphatic carbocycles. The van der Waals surface area contributed by atoms with Crippen molar-refractivity contribution in [1.29, 1.82) is 0 Å². The highest BCUT2D eigenvalue weighted by Gasteiger charge is 2.16. The molecule has 0 aliphatic rings. The molecular weight excluding hydrogens is 246 g/mol. The van der Waals surface area contributed by atoms with E-state index in [9.17, 15) is 4.79 Å². The molecule has 2 rings (SSSR count). The van der Waals surface area contributed by atoms with Crippen molar-refractivity contribution in [2.24, 2.45) is 5.73 Å². The van der Waals surface area contributed by atoms with Gasteiger partial charge in [0.05, 0.1) is 11.7 Å². The van der Waals surface area contributed by atoms with Crippen LogP contribution < -0.4 is 11.1 Å². The Balaban J connectivity index is 2.15. The standard InChI is InChI=1S/C12H15N5O2/c1-6(11-7(2)17-19-8(11)3)14-10-5-4-9(12(13)18)15-16-10/h4-6H,1-3H3,(H2,13,18)(H,14,16). The number of nitrogens with zero attached hydrogens (tertiary/aromatic N) is 3. The van der Waals surface area contributed by atoms with Crippen LogP contribution in [0.2, 0.25) is 0 Å². The Labute approximate surface area is 110 Å². The van der Waals surface area contributed by atoms with Gasteiger partial charge in [0, 0.05) is 5.56 Å². The third kappa shape index (κ3) is 2.70. The molecule has 100 valence electrons. The number of carbonyl (C=O) groups is 1. The van der Waals surface area contributed by atoms with Crippen molar-refractivity contribution in [2.75, 3.05) is 5.32 Å². The third-order valence-electron chi connectivity index (χ3n) is 2.80. The molecule has 0 fully saturated rings. The van der Waals surface area contributed by atoms with Crippen molar-refractivity contribution in [2.45, 2.75) is 26.8 Å². The number of rotatable bonds is 4. The van der Waals surface area contributed by atoms with E-state index in [1.54, 1.807) is 6.07 Å². The van der Waals surface area contributed by atoms with Gasteiger partial charge in [-0.15, -0.1) is 10.2 Å². The summed E-state index contributed by atoms with van der Waals surface area (Å²) in [6, 6.07) is 3.15. The van der Waals surface area contributed by atoms with Crippen molar-refractivity contribution < 1.29 is 9.32 Å². The summed E-state index contributed by atoms with van der Waals surface area (Å²) in [5, 5.41) is 14.7. The fraction of sp³-hybridized carbons (Fsp3) is 0.333. The normalized spacial score (nSPS) is 12.2. The van der Waals surface area contributed by atoms with Gasteiger partial charge in [0.15, 0.2) is 5.69 Å². The maximum Gasteiger partial charge on any atom is 0.269 e. The Bertz CT molecular complexity index is 571. The molecule has 3 N–H and O–H groups in total. The number of nitrogens with two attached hydrogens (primary N) is 1. The zero-order chi connectivity index (χ0) is 14.0. The van der Waals surface area contributed by atoms with Crippen molar-refractivity contribution >= 4 is 11.7 Å². The molecule has 1 amide bonds. The van der Waals surface area contributed by atoms with Crippen LogP contribution in [0.4, 0.5) is 5.82 Å². The summed E-state index contributed by atoms with van der Waals surface area (Å²) in [7, 11) is 0. The van der Waals surface area contributed by atoms with E-state index in [2.05, 4.69) is 20.7 Å². The molecule has 7 heteroatoms. The predicted molar refractivity (Wildman–Crippen MR) is 68.6 cm³/mol. The van der Waals surface area contributed by atoms with Gasteiger partial charge < -0.3 is 15.6 Å². The topological polar surface area (TPSA) is 107 Å². The molecule has 7 nitrogen and oxygen atoms in total. The Morgan fingerprint density at radius 1 is 1.37 bits per heavy atom. The number of hydrogen-bond donors (Lipinski definition) is 2. The first-order valence-corrected chi connectivity index (χ1v) is 5.82. The Morgan fingerprint density at radius 2 is 2.11 bits per heavy atom. The number of hydrogen-bond acceptors (Lipinski definition) is 6. The van der Waals surface area contributed by atoms with Gasteiger partial charge in [-0.2, -0.15) is 0 Å². The van der Waals surface area contributed by atoms with Gasteiger partial charge in [-0.25, -0.2) is 0 Å². The molecule has 0 saturated carbocycles. The molecule has 0 aromatic carbocycles. The van der Waals surface area contributed by atoms with Crippen LogP contribution in [0.25, 0.3) is 0 Å². The number of nitrogens with one attached hydrogen (secondary N) is 1. The summed E-state index contributed by atoms with van der Waals surface area (Å²) in [5.74, 6) is 0.717. The number of anilines is 1. The first kappa shape index (κ1) is 13.0. The van der Waals surface area contributed by atoms with Crippen LogP contribution in [0.3, 0.4) is 0 Å². The van der Waals surface area contributed by atoms with Gasteiger partial charge in [-0.3, -0.25) is 4.79 Å². The lowest BCUT2D eigenvalue weighted by Crippen LogP contribution is -2.15. The highest BCUT2D eigenvalue weighted by molar-refractivity contribution is 5.90. The first-order valence-electron chi connectivity index (χ1n) is 5.82. The van der Waals surface area contributed by atoms with Crippen LogP contribution >= 0.6 is 0 Å². The number of amides is 1. The van der Waals surface area contributed by atoms with Crippen molar-refractivity contribution in [3.8, 4) is 0 Å². The lowest BCUT2D eigenvalue weighted by Gasteiger charge is -2.13. The summed E-state index contributed by atoms with van der Waals surface area (Å²) in [4.78, 5) is 10.9. The number of aromatic nitrogens is 3. The lowest BCUT2D eigenvalue weighted by atomic mass is 10.1. The fourth-order valence-electron chi connectivity index (χ4n) is 1.94. The van der Waals surface area contributed by atoms with Crippen LogP contribution in [-0.4, -0.2) is 21.3 Å². The minimum Gasteiger partial charge on any atom is -0.364 e. The van der Waals surface area contributed by atoms with Gasteiger partial charge in [-0.05, 0) is 32.9 Å². The monoisotopic (exact) mass is 261 g/mol. The smallest absolute Gasteiger partial charge is 0.269 e. The van der Waals surface area contributed by atoms with Crippen LogP contribution in [0.1, 0.15) is 40.5 Å². The van der Waals surface area contributed by atoms with Crippen LogP contribution in [0.15, 0.2) is 16.7 Å². The Kier molecular flexibility index (Phi) is 3.46. The summed E-state index contributed by atoms with van der Waals surface area (Å²) in [6.07, 6.45) is 0. The van der Waals surface area contributed by atoms with Gasteiger partial charge in [0.25, 0.3) is 5.91 Å². The molecule has 2 aromatic rings. The second-order valence-corrected chi connectivity index (χ2v) is 4.27. The zero-order valence-corrected chi connectivity index (χ0v) is 11.0. The molecule has 0 bridgehead atoms. The van der Waals surface area contributed by atoms with Crippen molar-refractivity contribution in [3.05, 3.63) is 34.8 Å². The van der Waals surface area contributed by atoms with Crippen molar-refractivity contribution in [3.63, 3.8) is 0 Å². The SMILES string of the molecule is Cc1noc(C)c1C(C)Nc1ccc(C(N)=O)nn1. The molecular formula is C12H15N5O2. The number of aryl methyl sites for hydroxylation is 2.